The highest BCUT2D eigenvalue weighted by atomic mass is 32.2. The molecule has 4 nitrogen and oxygen atoms in total. The Morgan fingerprint density at radius 1 is 1.00 bits per heavy atom. The average Bonchev–Trinajstić information content (AvgIpc) is 3.37. The molecule has 0 radical (unpaired) electrons. The summed E-state index contributed by atoms with van der Waals surface area (Å²) in [5.74, 6) is 1.87. The zero-order valence-corrected chi connectivity index (χ0v) is 19.6. The second-order valence-electron chi connectivity index (χ2n) is 8.04. The molecule has 5 heteroatoms. The van der Waals surface area contributed by atoms with Crippen LogP contribution in [0.15, 0.2) is 83.6 Å². The first-order valence-corrected chi connectivity index (χ1v) is 12.0. The van der Waals surface area contributed by atoms with Crippen molar-refractivity contribution in [1.82, 2.24) is 9.78 Å². The minimum absolute atomic E-state index is 0.0961. The quantitative estimate of drug-likeness (QED) is 0.244. The molecule has 1 aliphatic rings. The monoisotopic (exact) mass is 452 g/mol. The molecule has 0 bridgehead atoms. The van der Waals surface area contributed by atoms with E-state index < -0.39 is 0 Å². The second-order valence-corrected chi connectivity index (χ2v) is 9.38. The van der Waals surface area contributed by atoms with Crippen LogP contribution >= 0.6 is 11.8 Å². The first kappa shape index (κ1) is 21.3. The van der Waals surface area contributed by atoms with Gasteiger partial charge < -0.3 is 4.74 Å². The van der Waals surface area contributed by atoms with Crippen molar-refractivity contribution in [2.24, 2.45) is 0 Å². The van der Waals surface area contributed by atoms with Gasteiger partial charge in [0.15, 0.2) is 5.76 Å². The number of hydrogen-bond donors (Lipinski definition) is 0. The third-order valence-corrected chi connectivity index (χ3v) is 6.67. The maximum Gasteiger partial charge on any atom is 0.231 e. The van der Waals surface area contributed by atoms with Gasteiger partial charge in [0.2, 0.25) is 5.78 Å². The standard InChI is InChI=1S/C28H24N2O2S/c1-4-33-23-12-10-20(11-13-23)27-21(17-30(29-27)22-8-6-5-7-9-22)16-26-28(31)24-14-18(2)19(3)15-25(24)32-26/h5-17H,4H2,1-3H3/b26-16-. The fourth-order valence-corrected chi connectivity index (χ4v) is 4.55. The molecule has 1 aliphatic heterocycles. The SMILES string of the molecule is CCSc1ccc(-c2nn(-c3ccccc3)cc2/C=C2\Oc3cc(C)c(C)cc3C2=O)cc1. The molecule has 0 saturated heterocycles. The second kappa shape index (κ2) is 8.75. The lowest BCUT2D eigenvalue weighted by Crippen LogP contribution is -1.98. The summed E-state index contributed by atoms with van der Waals surface area (Å²) in [7, 11) is 0. The average molecular weight is 453 g/mol. The van der Waals surface area contributed by atoms with Crippen LogP contribution in [-0.4, -0.2) is 21.3 Å². The molecule has 0 atom stereocenters. The fraction of sp³-hybridized carbons (Fsp3) is 0.143. The number of allylic oxidation sites excluding steroid dienone is 1. The van der Waals surface area contributed by atoms with Crippen molar-refractivity contribution in [3.63, 3.8) is 0 Å². The Kier molecular flexibility index (Phi) is 5.65. The lowest BCUT2D eigenvalue weighted by molar-refractivity contribution is 0.101. The predicted octanol–water partition coefficient (Wildman–Crippen LogP) is 6.88. The van der Waals surface area contributed by atoms with Gasteiger partial charge in [0.05, 0.1) is 11.3 Å². The number of aryl methyl sites for hydroxylation is 2. The molecule has 0 spiro atoms. The zero-order valence-electron chi connectivity index (χ0n) is 18.8. The summed E-state index contributed by atoms with van der Waals surface area (Å²) in [6.07, 6.45) is 3.76. The Labute approximate surface area is 197 Å². The van der Waals surface area contributed by atoms with Crippen LogP contribution < -0.4 is 4.74 Å². The van der Waals surface area contributed by atoms with Crippen LogP contribution in [0.3, 0.4) is 0 Å². The lowest BCUT2D eigenvalue weighted by atomic mass is 10.0. The van der Waals surface area contributed by atoms with Gasteiger partial charge in [0, 0.05) is 22.2 Å². The molecule has 0 unspecified atom stereocenters. The van der Waals surface area contributed by atoms with E-state index in [0.717, 1.165) is 39.4 Å². The number of rotatable bonds is 5. The first-order valence-electron chi connectivity index (χ1n) is 11.0. The summed E-state index contributed by atoms with van der Waals surface area (Å²) in [5.41, 5.74) is 6.38. The summed E-state index contributed by atoms with van der Waals surface area (Å²) in [4.78, 5) is 14.3. The topological polar surface area (TPSA) is 44.1 Å². The van der Waals surface area contributed by atoms with Crippen molar-refractivity contribution < 1.29 is 9.53 Å². The van der Waals surface area contributed by atoms with Gasteiger partial charge in [-0.2, -0.15) is 5.10 Å². The van der Waals surface area contributed by atoms with E-state index in [1.807, 2.05) is 73.3 Å². The van der Waals surface area contributed by atoms with Crippen LogP contribution in [0.25, 0.3) is 23.0 Å². The number of ether oxygens (including phenoxy) is 1. The third-order valence-electron chi connectivity index (χ3n) is 5.77. The van der Waals surface area contributed by atoms with Crippen LogP contribution in [0.2, 0.25) is 0 Å². The molecule has 0 saturated carbocycles. The van der Waals surface area contributed by atoms with Gasteiger partial charge in [0.1, 0.15) is 11.4 Å². The van der Waals surface area contributed by atoms with E-state index in [9.17, 15) is 4.79 Å². The van der Waals surface area contributed by atoms with Gasteiger partial charge in [-0.15, -0.1) is 11.8 Å². The van der Waals surface area contributed by atoms with Crippen LogP contribution in [0, 0.1) is 13.8 Å². The van der Waals surface area contributed by atoms with Crippen molar-refractivity contribution in [3.05, 3.63) is 101 Å². The van der Waals surface area contributed by atoms with Gasteiger partial charge in [-0.05, 0) is 73.2 Å². The first-order chi connectivity index (χ1) is 16.0. The zero-order chi connectivity index (χ0) is 22.9. The molecule has 0 aliphatic carbocycles. The van der Waals surface area contributed by atoms with E-state index in [1.54, 1.807) is 11.8 Å². The Hall–Kier alpha value is -3.57. The number of para-hydroxylation sites is 1. The molecule has 2 heterocycles. The van der Waals surface area contributed by atoms with E-state index in [0.29, 0.717) is 17.1 Å². The summed E-state index contributed by atoms with van der Waals surface area (Å²) in [5, 5.41) is 4.87. The van der Waals surface area contributed by atoms with E-state index in [2.05, 4.69) is 31.2 Å². The predicted molar refractivity (Wildman–Crippen MR) is 134 cm³/mol. The molecule has 1 aromatic heterocycles. The van der Waals surface area contributed by atoms with Gasteiger partial charge >= 0.3 is 0 Å². The third kappa shape index (κ3) is 4.12. The molecule has 5 rings (SSSR count). The fourth-order valence-electron chi connectivity index (χ4n) is 3.89. The number of fused-ring (bicyclic) bond motifs is 1. The Morgan fingerprint density at radius 2 is 1.73 bits per heavy atom. The van der Waals surface area contributed by atoms with Gasteiger partial charge in [-0.25, -0.2) is 4.68 Å². The number of hydrogen-bond acceptors (Lipinski definition) is 4. The lowest BCUT2D eigenvalue weighted by Gasteiger charge is -2.03. The van der Waals surface area contributed by atoms with Crippen LogP contribution in [0.1, 0.15) is 34.0 Å². The highest BCUT2D eigenvalue weighted by molar-refractivity contribution is 7.99. The summed E-state index contributed by atoms with van der Waals surface area (Å²) >= 11 is 1.80. The number of thioether (sulfide) groups is 1. The number of carbonyl (C=O) groups excluding carboxylic acids is 1. The molecule has 33 heavy (non-hydrogen) atoms. The summed E-state index contributed by atoms with van der Waals surface area (Å²) < 4.78 is 7.83. The Bertz CT molecular complexity index is 1370. The van der Waals surface area contributed by atoms with Crippen molar-refractivity contribution in [2.45, 2.75) is 25.7 Å². The van der Waals surface area contributed by atoms with Gasteiger partial charge in [-0.3, -0.25) is 4.79 Å². The maximum atomic E-state index is 13.1. The molecule has 0 fully saturated rings. The van der Waals surface area contributed by atoms with E-state index in [1.165, 1.54) is 4.90 Å². The Balaban J connectivity index is 1.59. The summed E-state index contributed by atoms with van der Waals surface area (Å²) in [6.45, 7) is 6.17. The van der Waals surface area contributed by atoms with Crippen molar-refractivity contribution >= 4 is 23.6 Å². The number of ketones is 1. The maximum absolute atomic E-state index is 13.1. The van der Waals surface area contributed by atoms with Crippen LogP contribution in [0.5, 0.6) is 5.75 Å². The van der Waals surface area contributed by atoms with Gasteiger partial charge in [0.25, 0.3) is 0 Å². The smallest absolute Gasteiger partial charge is 0.231 e. The minimum Gasteiger partial charge on any atom is -0.452 e. The molecule has 164 valence electrons. The molecule has 3 aromatic carbocycles. The number of aromatic nitrogens is 2. The highest BCUT2D eigenvalue weighted by Gasteiger charge is 2.28. The van der Waals surface area contributed by atoms with Crippen molar-refractivity contribution in [1.29, 1.82) is 0 Å². The normalized spacial score (nSPS) is 13.9. The number of nitrogens with zero attached hydrogens (tertiary/aromatic N) is 2. The summed E-state index contributed by atoms with van der Waals surface area (Å²) in [6, 6.07) is 22.2. The van der Waals surface area contributed by atoms with Crippen LogP contribution in [-0.2, 0) is 0 Å². The van der Waals surface area contributed by atoms with E-state index >= 15 is 0 Å². The minimum atomic E-state index is -0.0961. The largest absolute Gasteiger partial charge is 0.452 e. The Morgan fingerprint density at radius 3 is 2.45 bits per heavy atom. The number of carbonyl (C=O) groups is 1. The number of Topliss-reactive ketones (excluding diaryl/α,β-unsaturated/α-hetero) is 1. The van der Waals surface area contributed by atoms with E-state index in [4.69, 9.17) is 9.84 Å². The molecule has 0 N–H and O–H groups in total. The van der Waals surface area contributed by atoms with Crippen molar-refractivity contribution in [3.8, 4) is 22.7 Å². The molecular weight excluding hydrogens is 428 g/mol. The molecular formula is C28H24N2O2S. The van der Waals surface area contributed by atoms with Crippen LogP contribution in [0.4, 0.5) is 0 Å². The van der Waals surface area contributed by atoms with Gasteiger partial charge in [-0.1, -0.05) is 37.3 Å². The van der Waals surface area contributed by atoms with Crippen molar-refractivity contribution in [2.75, 3.05) is 5.75 Å². The molecule has 0 amide bonds. The van der Waals surface area contributed by atoms with E-state index in [-0.39, 0.29) is 5.78 Å². The number of benzene rings is 3. The molecule has 4 aromatic rings. The highest BCUT2D eigenvalue weighted by Crippen LogP contribution is 2.35.